The molecule has 0 aliphatic rings. The van der Waals surface area contributed by atoms with Crippen molar-refractivity contribution in [2.75, 3.05) is 0 Å². The van der Waals surface area contributed by atoms with Crippen LogP contribution in [0.3, 0.4) is 0 Å². The van der Waals surface area contributed by atoms with Crippen LogP contribution in [0.15, 0.2) is 78.9 Å². The molecule has 0 radical (unpaired) electrons. The summed E-state index contributed by atoms with van der Waals surface area (Å²) in [5.41, 5.74) is 4.29. The zero-order valence-electron chi connectivity index (χ0n) is 13.2. The van der Waals surface area contributed by atoms with Gasteiger partial charge in [-0.15, -0.1) is 0 Å². The number of rotatable bonds is 4. The average molecular weight is 316 g/mol. The van der Waals surface area contributed by atoms with E-state index in [1.165, 1.54) is 17.7 Å². The summed E-state index contributed by atoms with van der Waals surface area (Å²) in [6, 6.07) is 25.1. The molecule has 3 heteroatoms. The number of fused-ring (bicyclic) bond motifs is 1. The van der Waals surface area contributed by atoms with Gasteiger partial charge in [0.05, 0.1) is 11.0 Å². The number of para-hydroxylation sites is 2. The molecule has 0 aliphatic carbocycles. The molecule has 4 aromatic rings. The van der Waals surface area contributed by atoms with E-state index in [-0.39, 0.29) is 5.82 Å². The Morgan fingerprint density at radius 1 is 0.792 bits per heavy atom. The molecule has 118 valence electrons. The van der Waals surface area contributed by atoms with Crippen LogP contribution >= 0.6 is 0 Å². The Hall–Kier alpha value is -2.94. The molecule has 0 N–H and O–H groups in total. The Balaban J connectivity index is 1.77. The zero-order chi connectivity index (χ0) is 16.4. The molecule has 3 aromatic carbocycles. The lowest BCUT2D eigenvalue weighted by Gasteiger charge is -2.09. The van der Waals surface area contributed by atoms with Gasteiger partial charge in [0.25, 0.3) is 0 Å². The van der Waals surface area contributed by atoms with Gasteiger partial charge in [0.1, 0.15) is 11.6 Å². The summed E-state index contributed by atoms with van der Waals surface area (Å²) in [7, 11) is 0. The summed E-state index contributed by atoms with van der Waals surface area (Å²) in [5.74, 6) is 0.651. The first-order valence-corrected chi connectivity index (χ1v) is 8.06. The van der Waals surface area contributed by atoms with Gasteiger partial charge in [-0.1, -0.05) is 42.5 Å². The average Bonchev–Trinajstić information content (AvgIpc) is 3.00. The summed E-state index contributed by atoms with van der Waals surface area (Å²) in [5, 5.41) is 0. The fourth-order valence-corrected chi connectivity index (χ4v) is 3.01. The highest BCUT2D eigenvalue weighted by Gasteiger charge is 2.12. The highest BCUT2D eigenvalue weighted by molar-refractivity contribution is 5.80. The van der Waals surface area contributed by atoms with Crippen LogP contribution in [0.5, 0.6) is 0 Å². The second-order valence-corrected chi connectivity index (χ2v) is 5.82. The van der Waals surface area contributed by atoms with Crippen LogP contribution in [0.4, 0.5) is 4.39 Å². The molecule has 0 saturated carbocycles. The summed E-state index contributed by atoms with van der Waals surface area (Å²) >= 11 is 0. The SMILES string of the molecule is Fc1ccc(-c2nc3ccccc3n2CCc2ccccc2)cc1. The van der Waals surface area contributed by atoms with Crippen molar-refractivity contribution in [3.8, 4) is 11.4 Å². The molecule has 24 heavy (non-hydrogen) atoms. The minimum absolute atomic E-state index is 0.231. The van der Waals surface area contributed by atoms with Crippen LogP contribution in [-0.2, 0) is 13.0 Å². The maximum atomic E-state index is 13.2. The van der Waals surface area contributed by atoms with Crippen LogP contribution in [0.1, 0.15) is 5.56 Å². The standard InChI is InChI=1S/C21H17FN2/c22-18-12-10-17(11-13-18)21-23-19-8-4-5-9-20(19)24(21)15-14-16-6-2-1-3-7-16/h1-13H,14-15H2. The van der Waals surface area contributed by atoms with Crippen molar-refractivity contribution >= 4 is 11.0 Å². The molecular formula is C21H17FN2. The van der Waals surface area contributed by atoms with E-state index in [1.807, 2.05) is 24.3 Å². The number of halogens is 1. The fraction of sp³-hybridized carbons (Fsp3) is 0.0952. The molecule has 1 heterocycles. The van der Waals surface area contributed by atoms with E-state index >= 15 is 0 Å². The summed E-state index contributed by atoms with van der Waals surface area (Å²) in [6.07, 6.45) is 0.926. The predicted octanol–water partition coefficient (Wildman–Crippen LogP) is 5.09. The maximum Gasteiger partial charge on any atom is 0.141 e. The fourth-order valence-electron chi connectivity index (χ4n) is 3.01. The Kier molecular flexibility index (Phi) is 3.83. The number of benzene rings is 3. The molecule has 0 atom stereocenters. The minimum Gasteiger partial charge on any atom is -0.324 e. The predicted molar refractivity (Wildman–Crippen MR) is 95.3 cm³/mol. The number of nitrogens with zero attached hydrogens (tertiary/aromatic N) is 2. The topological polar surface area (TPSA) is 17.8 Å². The Morgan fingerprint density at radius 3 is 2.29 bits per heavy atom. The van der Waals surface area contributed by atoms with Crippen molar-refractivity contribution in [2.24, 2.45) is 0 Å². The maximum absolute atomic E-state index is 13.2. The van der Waals surface area contributed by atoms with Gasteiger partial charge in [-0.25, -0.2) is 9.37 Å². The Morgan fingerprint density at radius 2 is 1.50 bits per heavy atom. The van der Waals surface area contributed by atoms with Crippen molar-refractivity contribution in [3.63, 3.8) is 0 Å². The van der Waals surface area contributed by atoms with E-state index < -0.39 is 0 Å². The Bertz CT molecular complexity index is 956. The van der Waals surface area contributed by atoms with Gasteiger partial charge >= 0.3 is 0 Å². The van der Waals surface area contributed by atoms with E-state index in [9.17, 15) is 4.39 Å². The van der Waals surface area contributed by atoms with E-state index in [2.05, 4.69) is 34.9 Å². The van der Waals surface area contributed by atoms with E-state index in [4.69, 9.17) is 4.98 Å². The number of hydrogen-bond donors (Lipinski definition) is 0. The van der Waals surface area contributed by atoms with Crippen LogP contribution in [-0.4, -0.2) is 9.55 Å². The number of imidazole rings is 1. The molecule has 4 rings (SSSR count). The van der Waals surface area contributed by atoms with Crippen molar-refractivity contribution in [1.29, 1.82) is 0 Å². The molecule has 0 amide bonds. The highest BCUT2D eigenvalue weighted by Crippen LogP contribution is 2.25. The van der Waals surface area contributed by atoms with Gasteiger partial charge in [-0.05, 0) is 48.4 Å². The summed E-state index contributed by atoms with van der Waals surface area (Å²) in [6.45, 7) is 0.831. The molecular weight excluding hydrogens is 299 g/mol. The first-order valence-electron chi connectivity index (χ1n) is 8.06. The van der Waals surface area contributed by atoms with Gasteiger partial charge in [-0.3, -0.25) is 0 Å². The molecule has 0 bridgehead atoms. The molecule has 0 saturated heterocycles. The third-order valence-corrected chi connectivity index (χ3v) is 4.22. The van der Waals surface area contributed by atoms with Crippen molar-refractivity contribution in [1.82, 2.24) is 9.55 Å². The van der Waals surface area contributed by atoms with Gasteiger partial charge in [-0.2, -0.15) is 0 Å². The first-order chi connectivity index (χ1) is 11.8. The van der Waals surface area contributed by atoms with E-state index in [1.54, 1.807) is 12.1 Å². The lowest BCUT2D eigenvalue weighted by molar-refractivity contribution is 0.628. The molecule has 0 aliphatic heterocycles. The third kappa shape index (κ3) is 2.81. The van der Waals surface area contributed by atoms with Crippen molar-refractivity contribution in [2.45, 2.75) is 13.0 Å². The highest BCUT2D eigenvalue weighted by atomic mass is 19.1. The van der Waals surface area contributed by atoms with E-state index in [0.717, 1.165) is 35.4 Å². The Labute approximate surface area is 140 Å². The second-order valence-electron chi connectivity index (χ2n) is 5.82. The largest absolute Gasteiger partial charge is 0.324 e. The number of hydrogen-bond acceptors (Lipinski definition) is 1. The lowest BCUT2D eigenvalue weighted by Crippen LogP contribution is -2.03. The third-order valence-electron chi connectivity index (χ3n) is 4.22. The van der Waals surface area contributed by atoms with Gasteiger partial charge in [0.2, 0.25) is 0 Å². The van der Waals surface area contributed by atoms with E-state index in [0.29, 0.717) is 0 Å². The van der Waals surface area contributed by atoms with Gasteiger partial charge in [0, 0.05) is 12.1 Å². The minimum atomic E-state index is -0.231. The zero-order valence-corrected chi connectivity index (χ0v) is 13.2. The summed E-state index contributed by atoms with van der Waals surface area (Å²) < 4.78 is 15.5. The monoisotopic (exact) mass is 316 g/mol. The molecule has 1 aromatic heterocycles. The number of aromatic nitrogens is 2. The summed E-state index contributed by atoms with van der Waals surface area (Å²) in [4.78, 5) is 4.77. The van der Waals surface area contributed by atoms with Crippen LogP contribution < -0.4 is 0 Å². The van der Waals surface area contributed by atoms with Crippen LogP contribution in [0, 0.1) is 5.82 Å². The van der Waals surface area contributed by atoms with Crippen molar-refractivity contribution in [3.05, 3.63) is 90.2 Å². The van der Waals surface area contributed by atoms with Gasteiger partial charge < -0.3 is 4.57 Å². The normalized spacial score (nSPS) is 11.0. The number of aryl methyl sites for hydroxylation is 2. The molecule has 0 spiro atoms. The second kappa shape index (κ2) is 6.28. The van der Waals surface area contributed by atoms with Crippen molar-refractivity contribution < 1.29 is 4.39 Å². The lowest BCUT2D eigenvalue weighted by atomic mass is 10.1. The van der Waals surface area contributed by atoms with Crippen LogP contribution in [0.2, 0.25) is 0 Å². The molecule has 0 fully saturated rings. The first kappa shape index (κ1) is 14.6. The van der Waals surface area contributed by atoms with Crippen LogP contribution in [0.25, 0.3) is 22.4 Å². The quantitative estimate of drug-likeness (QED) is 0.513. The smallest absolute Gasteiger partial charge is 0.141 e. The molecule has 0 unspecified atom stereocenters. The molecule has 2 nitrogen and oxygen atoms in total. The van der Waals surface area contributed by atoms with Gasteiger partial charge in [0.15, 0.2) is 0 Å².